The molecule has 2 fully saturated rings. The monoisotopic (exact) mass is 484 g/mol. The zero-order valence-corrected chi connectivity index (χ0v) is 19.1. The van der Waals surface area contributed by atoms with Crippen LogP contribution in [0, 0.1) is 15.5 Å². The zero-order chi connectivity index (χ0) is 24.4. The molecule has 176 valence electrons. The predicted molar refractivity (Wildman–Crippen MR) is 123 cm³/mol. The number of hydrogen-bond donors (Lipinski definition) is 1. The molecule has 11 heteroatoms. The number of amides is 4. The summed E-state index contributed by atoms with van der Waals surface area (Å²) >= 11 is 6.30. The smallest absolute Gasteiger partial charge is 0.335 e. The van der Waals surface area contributed by atoms with Crippen molar-refractivity contribution in [1.29, 1.82) is 0 Å². The van der Waals surface area contributed by atoms with E-state index in [1.165, 1.54) is 18.2 Å². The molecule has 5 rings (SSSR count). The summed E-state index contributed by atoms with van der Waals surface area (Å²) in [4.78, 5) is 54.3. The number of halogens is 1. The summed E-state index contributed by atoms with van der Waals surface area (Å²) in [5.74, 6) is -1.51. The van der Waals surface area contributed by atoms with Crippen molar-refractivity contribution in [3.05, 3.63) is 63.2 Å². The van der Waals surface area contributed by atoms with E-state index < -0.39 is 40.3 Å². The summed E-state index contributed by atoms with van der Waals surface area (Å²) in [6.45, 7) is 4.02. The molecule has 1 N–H and O–H groups in total. The number of nitrogens with one attached hydrogen (secondary N) is 1. The lowest BCUT2D eigenvalue weighted by Gasteiger charge is -2.56. The van der Waals surface area contributed by atoms with Gasteiger partial charge in [0.05, 0.1) is 33.9 Å². The van der Waals surface area contributed by atoms with Crippen molar-refractivity contribution < 1.29 is 24.0 Å². The van der Waals surface area contributed by atoms with Gasteiger partial charge in [0.1, 0.15) is 0 Å². The number of morpholine rings is 1. The fourth-order valence-corrected chi connectivity index (χ4v) is 5.70. The number of imide groups is 2. The van der Waals surface area contributed by atoms with Gasteiger partial charge in [0.25, 0.3) is 11.6 Å². The number of para-hydroxylation sites is 1. The molecule has 10 nitrogen and oxygen atoms in total. The molecule has 0 bridgehead atoms. The minimum Gasteiger partial charge on any atom is -0.372 e. The normalized spacial score (nSPS) is 28.4. The maximum absolute atomic E-state index is 14.2. The second kappa shape index (κ2) is 7.78. The van der Waals surface area contributed by atoms with Gasteiger partial charge >= 0.3 is 6.03 Å². The standard InChI is InChI=1S/C23H21ClN4O6/c1-12-11-26-17-8-7-15(28(32)33)9-14(17)10-23(19(26)13(2)34-12)20(29)25-22(31)27(21(23)30)18-6-4-3-5-16(18)24/h3-9,12-13,19H,10-11H2,1-2H3,(H,25,29,31)/t12-,13-,19-,23+/m0/s1. The summed E-state index contributed by atoms with van der Waals surface area (Å²) in [5, 5.41) is 13.9. The van der Waals surface area contributed by atoms with E-state index in [9.17, 15) is 24.5 Å². The van der Waals surface area contributed by atoms with Crippen LogP contribution in [0.25, 0.3) is 0 Å². The number of fused-ring (bicyclic) bond motifs is 4. The number of nitrogens with zero attached hydrogens (tertiary/aromatic N) is 3. The van der Waals surface area contributed by atoms with Crippen molar-refractivity contribution in [2.45, 2.75) is 38.5 Å². The molecule has 0 unspecified atom stereocenters. The average molecular weight is 485 g/mol. The third kappa shape index (κ3) is 3.09. The molecule has 3 aliphatic rings. The summed E-state index contributed by atoms with van der Waals surface area (Å²) in [6, 6.07) is 9.13. The lowest BCUT2D eigenvalue weighted by atomic mass is 9.66. The quantitative estimate of drug-likeness (QED) is 0.395. The third-order valence-electron chi connectivity index (χ3n) is 6.75. The first-order valence-corrected chi connectivity index (χ1v) is 11.2. The number of ether oxygens (including phenoxy) is 1. The van der Waals surface area contributed by atoms with E-state index in [4.69, 9.17) is 16.3 Å². The van der Waals surface area contributed by atoms with Crippen molar-refractivity contribution in [2.24, 2.45) is 5.41 Å². The van der Waals surface area contributed by atoms with Crippen LogP contribution in [0.15, 0.2) is 42.5 Å². The van der Waals surface area contributed by atoms with Crippen LogP contribution in [0.1, 0.15) is 19.4 Å². The van der Waals surface area contributed by atoms with Crippen molar-refractivity contribution >= 4 is 46.5 Å². The predicted octanol–water partition coefficient (Wildman–Crippen LogP) is 3.06. The maximum Gasteiger partial charge on any atom is 0.335 e. The Morgan fingerprint density at radius 3 is 2.59 bits per heavy atom. The van der Waals surface area contributed by atoms with Crippen LogP contribution in [0.3, 0.4) is 0 Å². The van der Waals surface area contributed by atoms with Crippen molar-refractivity contribution in [1.82, 2.24) is 5.32 Å². The lowest BCUT2D eigenvalue weighted by Crippen LogP contribution is -2.76. The van der Waals surface area contributed by atoms with Crippen LogP contribution in [-0.4, -0.2) is 47.6 Å². The number of carbonyl (C=O) groups excluding carboxylic acids is 3. The molecule has 2 aromatic rings. The number of hydrogen-bond acceptors (Lipinski definition) is 7. The Hall–Kier alpha value is -3.50. The fourth-order valence-electron chi connectivity index (χ4n) is 5.48. The zero-order valence-electron chi connectivity index (χ0n) is 18.4. The van der Waals surface area contributed by atoms with Gasteiger partial charge in [0, 0.05) is 30.8 Å². The van der Waals surface area contributed by atoms with E-state index in [0.717, 1.165) is 4.90 Å². The number of nitro groups is 1. The van der Waals surface area contributed by atoms with E-state index in [1.54, 1.807) is 31.2 Å². The van der Waals surface area contributed by atoms with Crippen molar-refractivity contribution in [3.8, 4) is 0 Å². The average Bonchev–Trinajstić information content (AvgIpc) is 2.78. The molecule has 2 aromatic carbocycles. The molecule has 3 aliphatic heterocycles. The van der Waals surface area contributed by atoms with Gasteiger partial charge in [0.15, 0.2) is 5.41 Å². The van der Waals surface area contributed by atoms with E-state index in [-0.39, 0.29) is 28.9 Å². The number of carbonyl (C=O) groups is 3. The van der Waals surface area contributed by atoms with Crippen LogP contribution in [0.2, 0.25) is 5.02 Å². The largest absolute Gasteiger partial charge is 0.372 e. The van der Waals surface area contributed by atoms with Gasteiger partial charge in [-0.05, 0) is 37.6 Å². The minimum absolute atomic E-state index is 0.133. The highest BCUT2D eigenvalue weighted by molar-refractivity contribution is 6.37. The highest BCUT2D eigenvalue weighted by atomic mass is 35.5. The molecule has 2 saturated heterocycles. The second-order valence-corrected chi connectivity index (χ2v) is 9.23. The summed E-state index contributed by atoms with van der Waals surface area (Å²) in [5.41, 5.74) is -0.597. The van der Waals surface area contributed by atoms with Crippen LogP contribution < -0.4 is 15.1 Å². The molecule has 4 amide bonds. The Labute approximate surface area is 199 Å². The topological polar surface area (TPSA) is 122 Å². The van der Waals surface area contributed by atoms with Crippen LogP contribution >= 0.6 is 11.6 Å². The molecular weight excluding hydrogens is 464 g/mol. The molecule has 4 atom stereocenters. The van der Waals surface area contributed by atoms with Gasteiger partial charge < -0.3 is 9.64 Å². The number of barbiturate groups is 1. The highest BCUT2D eigenvalue weighted by Crippen LogP contribution is 2.49. The molecular formula is C23H21ClN4O6. The first kappa shape index (κ1) is 22.3. The second-order valence-electron chi connectivity index (χ2n) is 8.82. The summed E-state index contributed by atoms with van der Waals surface area (Å²) in [7, 11) is 0. The summed E-state index contributed by atoms with van der Waals surface area (Å²) < 4.78 is 6.04. The SMILES string of the molecule is C[C@@H]1O[C@@H](C)CN2c3ccc([N+](=O)[O-])cc3C[C@]3(C(=O)NC(=O)N(c4ccccc4Cl)C3=O)[C@H]12. The Morgan fingerprint density at radius 2 is 1.88 bits per heavy atom. The molecule has 3 heterocycles. The molecule has 0 aliphatic carbocycles. The molecule has 34 heavy (non-hydrogen) atoms. The van der Waals surface area contributed by atoms with Gasteiger partial charge in [-0.3, -0.25) is 25.0 Å². The van der Waals surface area contributed by atoms with E-state index in [2.05, 4.69) is 5.32 Å². The Balaban J connectivity index is 1.72. The third-order valence-corrected chi connectivity index (χ3v) is 7.07. The van der Waals surface area contributed by atoms with Gasteiger partial charge in [-0.1, -0.05) is 23.7 Å². The van der Waals surface area contributed by atoms with E-state index >= 15 is 0 Å². The number of non-ortho nitro benzene ring substituents is 1. The Kier molecular flexibility index (Phi) is 5.10. The van der Waals surface area contributed by atoms with Gasteiger partial charge in [-0.15, -0.1) is 0 Å². The van der Waals surface area contributed by atoms with E-state index in [0.29, 0.717) is 17.8 Å². The van der Waals surface area contributed by atoms with Crippen molar-refractivity contribution in [2.75, 3.05) is 16.3 Å². The summed E-state index contributed by atoms with van der Waals surface area (Å²) in [6.07, 6.45) is -0.901. The lowest BCUT2D eigenvalue weighted by molar-refractivity contribution is -0.384. The maximum atomic E-state index is 14.2. The Bertz CT molecular complexity index is 1250. The first-order valence-electron chi connectivity index (χ1n) is 10.8. The number of anilines is 2. The van der Waals surface area contributed by atoms with Crippen LogP contribution in [-0.2, 0) is 20.7 Å². The molecule has 0 saturated carbocycles. The molecule has 0 radical (unpaired) electrons. The number of rotatable bonds is 2. The van der Waals surface area contributed by atoms with Crippen LogP contribution in [0.5, 0.6) is 0 Å². The van der Waals surface area contributed by atoms with Crippen molar-refractivity contribution in [3.63, 3.8) is 0 Å². The fraction of sp³-hybridized carbons (Fsp3) is 0.348. The molecule has 1 spiro atoms. The van der Waals surface area contributed by atoms with E-state index in [1.807, 2.05) is 11.8 Å². The molecule has 0 aromatic heterocycles. The first-order chi connectivity index (χ1) is 16.1. The van der Waals surface area contributed by atoms with Gasteiger partial charge in [0.2, 0.25) is 5.91 Å². The number of urea groups is 1. The van der Waals surface area contributed by atoms with Gasteiger partial charge in [-0.25, -0.2) is 9.69 Å². The number of benzene rings is 2. The van der Waals surface area contributed by atoms with Gasteiger partial charge in [-0.2, -0.15) is 0 Å². The van der Waals surface area contributed by atoms with Crippen LogP contribution in [0.4, 0.5) is 21.9 Å². The highest BCUT2D eigenvalue weighted by Gasteiger charge is 2.65. The minimum atomic E-state index is -1.77. The number of nitro benzene ring substituents is 1. The Morgan fingerprint density at radius 1 is 1.15 bits per heavy atom.